The number of rotatable bonds is 5. The minimum Gasteiger partial charge on any atom is -0.352 e. The topological polar surface area (TPSA) is 64.6 Å². The summed E-state index contributed by atoms with van der Waals surface area (Å²) in [5.74, 6) is -1.98. The Morgan fingerprint density at radius 1 is 0.783 bits per heavy atom. The molecule has 0 bridgehead atoms. The maximum absolute atomic E-state index is 6.24. The molecule has 0 aromatic heterocycles. The molecule has 2 unspecified atom stereocenters. The first kappa shape index (κ1) is 17.0. The Balaban J connectivity index is 1.81. The van der Waals surface area contributed by atoms with Gasteiger partial charge in [-0.2, -0.15) is 0 Å². The van der Waals surface area contributed by atoms with E-state index in [0.29, 0.717) is 6.42 Å². The Kier molecular flexibility index (Phi) is 4.89. The third-order valence-electron chi connectivity index (χ3n) is 4.59. The van der Waals surface area contributed by atoms with E-state index in [1.807, 2.05) is 18.2 Å². The number of fused-ring (bicyclic) bond motifs is 1. The van der Waals surface area contributed by atoms with Gasteiger partial charge in [-0.1, -0.05) is 0 Å². The van der Waals surface area contributed by atoms with E-state index in [0.717, 1.165) is 6.42 Å². The third-order valence-corrected chi connectivity index (χ3v) is 4.59. The lowest BCUT2D eigenvalue weighted by molar-refractivity contribution is -0.370. The number of methoxy groups -OCH3 is 4. The zero-order valence-electron chi connectivity index (χ0n) is 13.9. The highest BCUT2D eigenvalue weighted by atomic mass is 16.8. The van der Waals surface area contributed by atoms with Gasteiger partial charge < -0.3 is 33.2 Å². The molecule has 0 amide bonds. The lowest BCUT2D eigenvalue weighted by Crippen LogP contribution is -2.60. The molecule has 3 aliphatic rings. The van der Waals surface area contributed by atoms with Crippen molar-refractivity contribution >= 4 is 0 Å². The Hall–Kier alpha value is -0.800. The first-order valence-electron chi connectivity index (χ1n) is 7.67. The molecule has 0 N–H and O–H groups in total. The van der Waals surface area contributed by atoms with Gasteiger partial charge >= 0.3 is 0 Å². The van der Waals surface area contributed by atoms with Gasteiger partial charge in [-0.05, 0) is 37.1 Å². The van der Waals surface area contributed by atoms with E-state index < -0.39 is 17.9 Å². The summed E-state index contributed by atoms with van der Waals surface area (Å²) in [7, 11) is 6.37. The number of hydrogen-bond donors (Lipinski definition) is 0. The quantitative estimate of drug-likeness (QED) is 0.706. The van der Waals surface area contributed by atoms with Crippen LogP contribution in [0, 0.1) is 0 Å². The molecular weight excluding hydrogens is 304 g/mol. The fourth-order valence-electron chi connectivity index (χ4n) is 3.29. The molecule has 1 saturated heterocycles. The first-order valence-corrected chi connectivity index (χ1v) is 7.67. The first-order chi connectivity index (χ1) is 11.1. The zero-order valence-corrected chi connectivity index (χ0v) is 13.9. The van der Waals surface area contributed by atoms with Crippen LogP contribution in [0.3, 0.4) is 0 Å². The van der Waals surface area contributed by atoms with Crippen LogP contribution in [0.1, 0.15) is 12.8 Å². The molecule has 0 radical (unpaired) electrons. The van der Waals surface area contributed by atoms with Crippen molar-refractivity contribution in [2.24, 2.45) is 0 Å². The number of hydrogen-bond acceptors (Lipinski definition) is 7. The van der Waals surface area contributed by atoms with Crippen molar-refractivity contribution in [2.45, 2.75) is 49.2 Å². The Morgan fingerprint density at radius 2 is 1.35 bits per heavy atom. The van der Waals surface area contributed by atoms with Crippen LogP contribution in [0.4, 0.5) is 0 Å². The second-order valence-corrected chi connectivity index (χ2v) is 5.70. The van der Waals surface area contributed by atoms with Crippen LogP contribution in [-0.4, -0.2) is 64.8 Å². The highest BCUT2D eigenvalue weighted by Crippen LogP contribution is 2.43. The maximum Gasteiger partial charge on any atom is 0.217 e. The van der Waals surface area contributed by atoms with Crippen LogP contribution in [0.15, 0.2) is 24.3 Å². The van der Waals surface area contributed by atoms with Gasteiger partial charge in [0.25, 0.3) is 0 Å². The molecule has 0 saturated carbocycles. The summed E-state index contributed by atoms with van der Waals surface area (Å²) in [4.78, 5) is 0. The van der Waals surface area contributed by atoms with Crippen molar-refractivity contribution in [1.82, 2.24) is 0 Å². The fraction of sp³-hybridized carbons (Fsp3) is 0.750. The lowest BCUT2D eigenvalue weighted by atomic mass is 9.92. The molecule has 6 atom stereocenters. The highest BCUT2D eigenvalue weighted by Gasteiger charge is 2.55. The fourth-order valence-corrected chi connectivity index (χ4v) is 3.29. The van der Waals surface area contributed by atoms with Gasteiger partial charge in [0.05, 0.1) is 0 Å². The summed E-state index contributed by atoms with van der Waals surface area (Å²) >= 11 is 0. The van der Waals surface area contributed by atoms with Crippen molar-refractivity contribution < 1.29 is 33.2 Å². The largest absolute Gasteiger partial charge is 0.352 e. The van der Waals surface area contributed by atoms with Crippen molar-refractivity contribution in [3.05, 3.63) is 24.3 Å². The maximum atomic E-state index is 6.24. The minimum absolute atomic E-state index is 0.254. The van der Waals surface area contributed by atoms with Gasteiger partial charge in [0, 0.05) is 28.4 Å². The molecule has 3 heterocycles. The van der Waals surface area contributed by atoms with E-state index in [1.165, 1.54) is 0 Å². The molecule has 7 heteroatoms. The molecule has 130 valence electrons. The molecule has 0 spiro atoms. The van der Waals surface area contributed by atoms with Gasteiger partial charge in [0.2, 0.25) is 11.6 Å². The van der Waals surface area contributed by atoms with Crippen LogP contribution in [0.5, 0.6) is 0 Å². The molecule has 7 nitrogen and oxygen atoms in total. The van der Waals surface area contributed by atoms with Crippen molar-refractivity contribution in [1.29, 1.82) is 0 Å². The highest BCUT2D eigenvalue weighted by molar-refractivity contribution is 5.14. The summed E-state index contributed by atoms with van der Waals surface area (Å²) in [6.07, 6.45) is 7.24. The normalized spacial score (nSPS) is 46.1. The predicted molar refractivity (Wildman–Crippen MR) is 79.4 cm³/mol. The SMILES string of the molecule is COC1C=CC(OC)([C@H]2CC[C@H]3O[C@H](OC)C=C[C@]3(OC)O2)O1. The number of ether oxygens (including phenoxy) is 7. The van der Waals surface area contributed by atoms with Crippen LogP contribution >= 0.6 is 0 Å². The van der Waals surface area contributed by atoms with Gasteiger partial charge in [-0.3, -0.25) is 0 Å². The van der Waals surface area contributed by atoms with Crippen LogP contribution in [-0.2, 0) is 33.2 Å². The molecule has 1 fully saturated rings. The van der Waals surface area contributed by atoms with E-state index in [2.05, 4.69) is 0 Å². The molecule has 3 aliphatic heterocycles. The average molecular weight is 328 g/mol. The van der Waals surface area contributed by atoms with E-state index in [4.69, 9.17) is 33.2 Å². The average Bonchev–Trinajstić information content (AvgIpc) is 3.05. The van der Waals surface area contributed by atoms with E-state index in [-0.39, 0.29) is 18.5 Å². The summed E-state index contributed by atoms with van der Waals surface area (Å²) < 4.78 is 39.7. The van der Waals surface area contributed by atoms with Crippen molar-refractivity contribution in [2.75, 3.05) is 28.4 Å². The molecule has 0 aromatic rings. The summed E-state index contributed by atoms with van der Waals surface area (Å²) in [5.41, 5.74) is 0. The van der Waals surface area contributed by atoms with Gasteiger partial charge in [-0.15, -0.1) is 0 Å². The molecule has 0 aliphatic carbocycles. The lowest BCUT2D eigenvalue weighted by Gasteiger charge is -2.49. The van der Waals surface area contributed by atoms with E-state index in [1.54, 1.807) is 34.5 Å². The zero-order chi connectivity index (χ0) is 16.5. The van der Waals surface area contributed by atoms with Gasteiger partial charge in [-0.25, -0.2) is 0 Å². The summed E-state index contributed by atoms with van der Waals surface area (Å²) in [5, 5.41) is 0. The van der Waals surface area contributed by atoms with Crippen LogP contribution < -0.4 is 0 Å². The van der Waals surface area contributed by atoms with Crippen molar-refractivity contribution in [3.8, 4) is 0 Å². The third kappa shape index (κ3) is 2.87. The molecule has 3 rings (SSSR count). The van der Waals surface area contributed by atoms with E-state index >= 15 is 0 Å². The second-order valence-electron chi connectivity index (χ2n) is 5.70. The van der Waals surface area contributed by atoms with Gasteiger partial charge in [0.1, 0.15) is 12.2 Å². The van der Waals surface area contributed by atoms with Crippen LogP contribution in [0.25, 0.3) is 0 Å². The Bertz CT molecular complexity index is 479. The molecule has 0 aromatic carbocycles. The predicted octanol–water partition coefficient (Wildman–Crippen LogP) is 1.34. The van der Waals surface area contributed by atoms with Crippen LogP contribution in [0.2, 0.25) is 0 Å². The minimum atomic E-state index is -0.997. The monoisotopic (exact) mass is 328 g/mol. The smallest absolute Gasteiger partial charge is 0.217 e. The van der Waals surface area contributed by atoms with E-state index in [9.17, 15) is 0 Å². The molecular formula is C16H24O7. The standard InChI is InChI=1S/C16H24O7/c1-17-13-7-9-15(19-3)11(21-13)5-6-12(22-15)16(20-4)10-8-14(18-2)23-16/h7-14H,5-6H2,1-4H3/t11-,12-,13+,14?,15+,16?/m1/s1. The van der Waals surface area contributed by atoms with Gasteiger partial charge in [0.15, 0.2) is 12.6 Å². The Labute approximate surface area is 136 Å². The Morgan fingerprint density at radius 3 is 1.91 bits per heavy atom. The summed E-state index contributed by atoms with van der Waals surface area (Å²) in [6.45, 7) is 0. The second kappa shape index (κ2) is 6.60. The summed E-state index contributed by atoms with van der Waals surface area (Å²) in [6, 6.07) is 0. The van der Waals surface area contributed by atoms with Crippen molar-refractivity contribution in [3.63, 3.8) is 0 Å². The molecule has 23 heavy (non-hydrogen) atoms.